The molecule has 4 aromatic rings. The van der Waals surface area contributed by atoms with Crippen LogP contribution in [0.25, 0.3) is 5.65 Å². The highest BCUT2D eigenvalue weighted by atomic mass is 16.2. The van der Waals surface area contributed by atoms with Gasteiger partial charge in [-0.3, -0.25) is 13.9 Å². The number of amides is 1. The molecular weight excluding hydrogens is 364 g/mol. The Labute approximate surface area is 168 Å². The predicted molar refractivity (Wildman–Crippen MR) is 109 cm³/mol. The first-order valence-corrected chi connectivity index (χ1v) is 9.93. The van der Waals surface area contributed by atoms with Gasteiger partial charge in [0.15, 0.2) is 5.65 Å². The van der Waals surface area contributed by atoms with Crippen molar-refractivity contribution in [2.45, 2.75) is 25.3 Å². The van der Waals surface area contributed by atoms with E-state index in [4.69, 9.17) is 0 Å². The fourth-order valence-electron chi connectivity index (χ4n) is 4.00. The van der Waals surface area contributed by atoms with E-state index >= 15 is 0 Å². The van der Waals surface area contributed by atoms with Crippen molar-refractivity contribution in [1.82, 2.24) is 29.3 Å². The molecule has 146 valence electrons. The molecule has 1 amide bonds. The zero-order valence-electron chi connectivity index (χ0n) is 16.1. The van der Waals surface area contributed by atoms with Gasteiger partial charge in [0, 0.05) is 43.2 Å². The molecule has 1 aliphatic rings. The third kappa shape index (κ3) is 3.51. The zero-order chi connectivity index (χ0) is 19.6. The van der Waals surface area contributed by atoms with Gasteiger partial charge in [0.2, 0.25) is 0 Å². The quantitative estimate of drug-likeness (QED) is 0.541. The second-order valence-corrected chi connectivity index (χ2v) is 7.45. The number of benzene rings is 1. The van der Waals surface area contributed by atoms with Gasteiger partial charge in [-0.2, -0.15) is 5.10 Å². The van der Waals surface area contributed by atoms with Crippen LogP contribution >= 0.6 is 0 Å². The van der Waals surface area contributed by atoms with Gasteiger partial charge in [-0.15, -0.1) is 10.2 Å². The van der Waals surface area contributed by atoms with Crippen molar-refractivity contribution < 1.29 is 4.79 Å². The number of aromatic nitrogens is 5. The summed E-state index contributed by atoms with van der Waals surface area (Å²) in [6.07, 6.45) is 7.51. The Morgan fingerprint density at radius 1 is 0.966 bits per heavy atom. The summed E-state index contributed by atoms with van der Waals surface area (Å²) in [7, 11) is 0. The van der Waals surface area contributed by atoms with Crippen molar-refractivity contribution in [3.63, 3.8) is 0 Å². The lowest BCUT2D eigenvalue weighted by molar-refractivity contribution is 0.0711. The lowest BCUT2D eigenvalue weighted by atomic mass is 9.95. The topological polar surface area (TPSA) is 68.3 Å². The largest absolute Gasteiger partial charge is 0.339 e. The molecule has 0 spiro atoms. The van der Waals surface area contributed by atoms with Gasteiger partial charge in [-0.1, -0.05) is 18.2 Å². The van der Waals surface area contributed by atoms with Crippen LogP contribution in [0.5, 0.6) is 0 Å². The van der Waals surface area contributed by atoms with Gasteiger partial charge in [-0.05, 0) is 48.7 Å². The van der Waals surface area contributed by atoms with Crippen LogP contribution in [-0.2, 0) is 6.54 Å². The molecule has 0 saturated carbocycles. The van der Waals surface area contributed by atoms with Gasteiger partial charge in [0.25, 0.3) is 5.91 Å². The van der Waals surface area contributed by atoms with E-state index in [9.17, 15) is 4.79 Å². The van der Waals surface area contributed by atoms with Crippen LogP contribution in [0.4, 0.5) is 0 Å². The maximum absolute atomic E-state index is 12.9. The van der Waals surface area contributed by atoms with Gasteiger partial charge >= 0.3 is 0 Å². The maximum atomic E-state index is 12.9. The van der Waals surface area contributed by atoms with E-state index in [1.165, 1.54) is 0 Å². The summed E-state index contributed by atoms with van der Waals surface area (Å²) in [5, 5.41) is 12.9. The van der Waals surface area contributed by atoms with E-state index in [0.717, 1.165) is 48.5 Å². The van der Waals surface area contributed by atoms with Crippen molar-refractivity contribution >= 4 is 11.6 Å². The maximum Gasteiger partial charge on any atom is 0.253 e. The van der Waals surface area contributed by atoms with Crippen molar-refractivity contribution in [3.8, 4) is 0 Å². The van der Waals surface area contributed by atoms with Gasteiger partial charge in [0.1, 0.15) is 5.82 Å². The Morgan fingerprint density at radius 2 is 1.79 bits per heavy atom. The highest BCUT2D eigenvalue weighted by Gasteiger charge is 2.27. The lowest BCUT2D eigenvalue weighted by Gasteiger charge is -2.31. The lowest BCUT2D eigenvalue weighted by Crippen LogP contribution is -2.38. The third-order valence-corrected chi connectivity index (χ3v) is 5.59. The number of likely N-dealkylation sites (tertiary alicyclic amines) is 1. The number of hydrogen-bond acceptors (Lipinski definition) is 4. The second kappa shape index (κ2) is 7.50. The van der Waals surface area contributed by atoms with Crippen LogP contribution in [0.1, 0.15) is 40.5 Å². The van der Waals surface area contributed by atoms with Crippen LogP contribution in [0.2, 0.25) is 0 Å². The molecule has 5 rings (SSSR count). The number of rotatable bonds is 4. The SMILES string of the molecule is O=C(c1ccc(Cn2cccn2)cc1)N1CCC(c2nnc3ccccn23)CC1. The monoisotopic (exact) mass is 386 g/mol. The molecule has 4 heterocycles. The first-order valence-electron chi connectivity index (χ1n) is 9.93. The molecule has 0 N–H and O–H groups in total. The molecule has 29 heavy (non-hydrogen) atoms. The number of hydrogen-bond donors (Lipinski definition) is 0. The standard InChI is InChI=1S/C22H22N6O/c29-22(19-7-5-17(6-8-19)16-27-12-3-11-23-27)26-14-9-18(10-15-26)21-25-24-20-4-1-2-13-28(20)21/h1-8,11-13,18H,9-10,14-16H2. The predicted octanol–water partition coefficient (Wildman–Crippen LogP) is 2.99. The Morgan fingerprint density at radius 3 is 2.55 bits per heavy atom. The number of piperidine rings is 1. The molecule has 1 saturated heterocycles. The molecule has 0 atom stereocenters. The van der Waals surface area contributed by atoms with Crippen molar-refractivity contribution in [1.29, 1.82) is 0 Å². The summed E-state index contributed by atoms with van der Waals surface area (Å²) in [6.45, 7) is 2.18. The molecular formula is C22H22N6O. The fourth-order valence-corrected chi connectivity index (χ4v) is 4.00. The van der Waals surface area contributed by atoms with E-state index in [-0.39, 0.29) is 5.91 Å². The second-order valence-electron chi connectivity index (χ2n) is 7.45. The molecule has 0 bridgehead atoms. The van der Waals surface area contributed by atoms with E-state index < -0.39 is 0 Å². The minimum absolute atomic E-state index is 0.0974. The zero-order valence-corrected chi connectivity index (χ0v) is 16.1. The van der Waals surface area contributed by atoms with Crippen LogP contribution in [0.15, 0.2) is 67.1 Å². The Hall–Kier alpha value is -3.48. The van der Waals surface area contributed by atoms with Crippen molar-refractivity contribution in [2.24, 2.45) is 0 Å². The summed E-state index contributed by atoms with van der Waals surface area (Å²) >= 11 is 0. The summed E-state index contributed by atoms with van der Waals surface area (Å²) in [5.74, 6) is 1.42. The van der Waals surface area contributed by atoms with Crippen molar-refractivity contribution in [3.05, 3.63) is 84.1 Å². The highest BCUT2D eigenvalue weighted by molar-refractivity contribution is 5.94. The molecule has 7 heteroatoms. The molecule has 1 aliphatic heterocycles. The smallest absolute Gasteiger partial charge is 0.253 e. The fraction of sp³-hybridized carbons (Fsp3) is 0.273. The number of carbonyl (C=O) groups excluding carboxylic acids is 1. The normalized spacial score (nSPS) is 15.1. The van der Waals surface area contributed by atoms with Crippen molar-refractivity contribution in [2.75, 3.05) is 13.1 Å². The molecule has 0 radical (unpaired) electrons. The summed E-state index contributed by atoms with van der Waals surface area (Å²) in [5.41, 5.74) is 2.74. The van der Waals surface area contributed by atoms with Gasteiger partial charge in [-0.25, -0.2) is 0 Å². The molecule has 1 fully saturated rings. The van der Waals surface area contributed by atoms with E-state index in [1.807, 2.05) is 70.5 Å². The van der Waals surface area contributed by atoms with Crippen LogP contribution < -0.4 is 0 Å². The Balaban J connectivity index is 1.23. The average molecular weight is 386 g/mol. The molecule has 0 aliphatic carbocycles. The Kier molecular flexibility index (Phi) is 4.56. The minimum Gasteiger partial charge on any atom is -0.339 e. The van der Waals surface area contributed by atoms with E-state index in [1.54, 1.807) is 6.20 Å². The molecule has 7 nitrogen and oxygen atoms in total. The highest BCUT2D eigenvalue weighted by Crippen LogP contribution is 2.27. The van der Waals surface area contributed by atoms with Gasteiger partial charge in [0.05, 0.1) is 6.54 Å². The summed E-state index contributed by atoms with van der Waals surface area (Å²) < 4.78 is 3.93. The Bertz CT molecular complexity index is 1110. The van der Waals surface area contributed by atoms with Gasteiger partial charge < -0.3 is 4.90 Å². The first kappa shape index (κ1) is 17.6. The van der Waals surface area contributed by atoms with E-state index in [2.05, 4.69) is 19.7 Å². The molecule has 3 aromatic heterocycles. The van der Waals surface area contributed by atoms with E-state index in [0.29, 0.717) is 12.5 Å². The van der Waals surface area contributed by atoms with Crippen LogP contribution in [0, 0.1) is 0 Å². The number of nitrogens with zero attached hydrogens (tertiary/aromatic N) is 6. The molecule has 1 aromatic carbocycles. The third-order valence-electron chi connectivity index (χ3n) is 5.59. The summed E-state index contributed by atoms with van der Waals surface area (Å²) in [6, 6.07) is 15.7. The summed E-state index contributed by atoms with van der Waals surface area (Å²) in [4.78, 5) is 14.9. The molecule has 0 unspecified atom stereocenters. The number of pyridine rings is 1. The first-order chi connectivity index (χ1) is 14.3. The minimum atomic E-state index is 0.0974. The van der Waals surface area contributed by atoms with Crippen LogP contribution in [0.3, 0.4) is 0 Å². The number of fused-ring (bicyclic) bond motifs is 1. The van der Waals surface area contributed by atoms with Crippen LogP contribution in [-0.4, -0.2) is 48.3 Å². The average Bonchev–Trinajstić information content (AvgIpc) is 3.44. The number of carbonyl (C=O) groups is 1.